The van der Waals surface area contributed by atoms with E-state index in [1.165, 1.54) is 6.07 Å². The van der Waals surface area contributed by atoms with Crippen LogP contribution in [0.15, 0.2) is 18.2 Å². The van der Waals surface area contributed by atoms with Crippen molar-refractivity contribution in [3.8, 4) is 0 Å². The van der Waals surface area contributed by atoms with Gasteiger partial charge in [-0.3, -0.25) is 4.68 Å². The molecule has 3 N–H and O–H groups in total. The monoisotopic (exact) mass is 248 g/mol. The van der Waals surface area contributed by atoms with E-state index in [9.17, 15) is 4.39 Å². The number of hydrogen-bond donors (Lipinski definition) is 2. The summed E-state index contributed by atoms with van der Waals surface area (Å²) in [5.74, 6) is 0.519. The number of nitrogen functional groups attached to an aromatic ring is 1. The van der Waals surface area contributed by atoms with Crippen molar-refractivity contribution < 1.29 is 4.39 Å². The third-order valence-corrected chi connectivity index (χ3v) is 2.92. The molecule has 0 saturated carbocycles. The molecule has 0 unspecified atom stereocenters. The van der Waals surface area contributed by atoms with Crippen LogP contribution >= 0.6 is 0 Å². The standard InChI is InChI=1S/C13H17FN4/c1-4-11-12(15)13(18(3)17-11)16-9-5-6-10(14)8(2)7-9/h5-7,16H,4,15H2,1-3H3. The molecule has 0 aliphatic rings. The Kier molecular flexibility index (Phi) is 3.23. The lowest BCUT2D eigenvalue weighted by atomic mass is 10.2. The van der Waals surface area contributed by atoms with E-state index in [2.05, 4.69) is 10.4 Å². The maximum absolute atomic E-state index is 13.2. The van der Waals surface area contributed by atoms with Crippen LogP contribution < -0.4 is 11.1 Å². The maximum atomic E-state index is 13.2. The second-order valence-electron chi connectivity index (χ2n) is 4.28. The van der Waals surface area contributed by atoms with Gasteiger partial charge in [-0.15, -0.1) is 0 Å². The highest BCUT2D eigenvalue weighted by Gasteiger charge is 2.12. The molecule has 0 amide bonds. The minimum absolute atomic E-state index is 0.215. The van der Waals surface area contributed by atoms with Crippen LogP contribution in [-0.4, -0.2) is 9.78 Å². The minimum Gasteiger partial charge on any atom is -0.394 e. The lowest BCUT2D eigenvalue weighted by molar-refractivity contribution is 0.619. The Morgan fingerprint density at radius 2 is 2.17 bits per heavy atom. The third-order valence-electron chi connectivity index (χ3n) is 2.92. The van der Waals surface area contributed by atoms with Crippen LogP contribution in [0.1, 0.15) is 18.2 Å². The van der Waals surface area contributed by atoms with E-state index in [1.54, 1.807) is 23.7 Å². The lowest BCUT2D eigenvalue weighted by Crippen LogP contribution is -2.01. The molecule has 0 spiro atoms. The first-order chi connectivity index (χ1) is 8.52. The zero-order chi connectivity index (χ0) is 13.3. The molecule has 18 heavy (non-hydrogen) atoms. The number of hydrogen-bond acceptors (Lipinski definition) is 3. The molecular formula is C13H17FN4. The van der Waals surface area contributed by atoms with Gasteiger partial charge in [0.25, 0.3) is 0 Å². The molecule has 5 heteroatoms. The minimum atomic E-state index is -0.215. The van der Waals surface area contributed by atoms with E-state index in [0.717, 1.165) is 23.6 Å². The van der Waals surface area contributed by atoms with Gasteiger partial charge in [-0.05, 0) is 37.1 Å². The first-order valence-corrected chi connectivity index (χ1v) is 5.87. The molecule has 2 rings (SSSR count). The second-order valence-corrected chi connectivity index (χ2v) is 4.28. The highest BCUT2D eigenvalue weighted by molar-refractivity contribution is 5.71. The van der Waals surface area contributed by atoms with Crippen molar-refractivity contribution in [2.75, 3.05) is 11.1 Å². The first-order valence-electron chi connectivity index (χ1n) is 5.87. The van der Waals surface area contributed by atoms with E-state index in [0.29, 0.717) is 11.3 Å². The number of aryl methyl sites for hydroxylation is 3. The Morgan fingerprint density at radius 3 is 2.72 bits per heavy atom. The van der Waals surface area contributed by atoms with Crippen molar-refractivity contribution in [3.05, 3.63) is 35.3 Å². The number of nitrogens with two attached hydrogens (primary N) is 1. The smallest absolute Gasteiger partial charge is 0.152 e. The molecule has 2 aromatic rings. The number of aromatic nitrogens is 2. The summed E-state index contributed by atoms with van der Waals surface area (Å²) in [5.41, 5.74) is 8.90. The normalized spacial score (nSPS) is 10.7. The van der Waals surface area contributed by atoms with Crippen molar-refractivity contribution >= 4 is 17.2 Å². The molecule has 0 saturated heterocycles. The van der Waals surface area contributed by atoms with Crippen molar-refractivity contribution in [2.24, 2.45) is 7.05 Å². The predicted molar refractivity (Wildman–Crippen MR) is 71.4 cm³/mol. The van der Waals surface area contributed by atoms with Crippen molar-refractivity contribution in [1.29, 1.82) is 0 Å². The molecule has 0 aliphatic carbocycles. The predicted octanol–water partition coefficient (Wildman–Crippen LogP) is 2.76. The Morgan fingerprint density at radius 1 is 1.44 bits per heavy atom. The number of nitrogens with one attached hydrogen (secondary N) is 1. The van der Waals surface area contributed by atoms with Crippen LogP contribution in [0.2, 0.25) is 0 Å². The van der Waals surface area contributed by atoms with Crippen molar-refractivity contribution in [3.63, 3.8) is 0 Å². The van der Waals surface area contributed by atoms with Gasteiger partial charge in [0.05, 0.1) is 11.4 Å². The van der Waals surface area contributed by atoms with Crippen LogP contribution in [0, 0.1) is 12.7 Å². The van der Waals surface area contributed by atoms with Gasteiger partial charge in [-0.1, -0.05) is 6.92 Å². The number of halogens is 1. The van der Waals surface area contributed by atoms with Crippen LogP contribution in [-0.2, 0) is 13.5 Å². The molecule has 0 atom stereocenters. The molecule has 0 aliphatic heterocycles. The number of anilines is 3. The first kappa shape index (κ1) is 12.4. The van der Waals surface area contributed by atoms with Crippen LogP contribution in [0.4, 0.5) is 21.6 Å². The topological polar surface area (TPSA) is 55.9 Å². The van der Waals surface area contributed by atoms with E-state index >= 15 is 0 Å². The molecular weight excluding hydrogens is 231 g/mol. The SMILES string of the molecule is CCc1nn(C)c(Nc2ccc(F)c(C)c2)c1N. The summed E-state index contributed by atoms with van der Waals surface area (Å²) < 4.78 is 14.9. The quantitative estimate of drug-likeness (QED) is 0.878. The Hall–Kier alpha value is -2.04. The van der Waals surface area contributed by atoms with Gasteiger partial charge < -0.3 is 11.1 Å². The van der Waals surface area contributed by atoms with Gasteiger partial charge in [-0.25, -0.2) is 4.39 Å². The fourth-order valence-corrected chi connectivity index (χ4v) is 1.86. The Labute approximate surface area is 106 Å². The maximum Gasteiger partial charge on any atom is 0.152 e. The fraction of sp³-hybridized carbons (Fsp3) is 0.308. The molecule has 1 heterocycles. The van der Waals surface area contributed by atoms with E-state index in [-0.39, 0.29) is 5.82 Å². The van der Waals surface area contributed by atoms with Gasteiger partial charge in [-0.2, -0.15) is 5.10 Å². The molecule has 96 valence electrons. The molecule has 0 radical (unpaired) electrons. The molecule has 1 aromatic carbocycles. The fourth-order valence-electron chi connectivity index (χ4n) is 1.86. The highest BCUT2D eigenvalue weighted by Crippen LogP contribution is 2.26. The van der Waals surface area contributed by atoms with E-state index in [1.807, 2.05) is 14.0 Å². The van der Waals surface area contributed by atoms with Crippen LogP contribution in [0.5, 0.6) is 0 Å². The van der Waals surface area contributed by atoms with Crippen molar-refractivity contribution in [1.82, 2.24) is 9.78 Å². The second kappa shape index (κ2) is 4.68. The van der Waals surface area contributed by atoms with E-state index < -0.39 is 0 Å². The highest BCUT2D eigenvalue weighted by atomic mass is 19.1. The lowest BCUT2D eigenvalue weighted by Gasteiger charge is -2.08. The summed E-state index contributed by atoms with van der Waals surface area (Å²) in [6.07, 6.45) is 0.782. The zero-order valence-electron chi connectivity index (χ0n) is 10.8. The summed E-state index contributed by atoms with van der Waals surface area (Å²) in [7, 11) is 1.83. The largest absolute Gasteiger partial charge is 0.394 e. The van der Waals surface area contributed by atoms with Gasteiger partial charge >= 0.3 is 0 Å². The molecule has 0 fully saturated rings. The van der Waals surface area contributed by atoms with Crippen molar-refractivity contribution in [2.45, 2.75) is 20.3 Å². The third kappa shape index (κ3) is 2.16. The number of nitrogens with zero attached hydrogens (tertiary/aromatic N) is 2. The summed E-state index contributed by atoms with van der Waals surface area (Å²) in [6, 6.07) is 4.86. The molecule has 1 aromatic heterocycles. The Bertz CT molecular complexity index is 575. The summed E-state index contributed by atoms with van der Waals surface area (Å²) in [4.78, 5) is 0. The summed E-state index contributed by atoms with van der Waals surface area (Å²) in [5, 5.41) is 7.49. The van der Waals surface area contributed by atoms with Gasteiger partial charge in [0.2, 0.25) is 0 Å². The zero-order valence-corrected chi connectivity index (χ0v) is 10.8. The van der Waals surface area contributed by atoms with Crippen LogP contribution in [0.3, 0.4) is 0 Å². The summed E-state index contributed by atoms with van der Waals surface area (Å²) >= 11 is 0. The molecule has 4 nitrogen and oxygen atoms in total. The van der Waals surface area contributed by atoms with E-state index in [4.69, 9.17) is 5.73 Å². The number of rotatable bonds is 3. The average Bonchev–Trinajstić information content (AvgIpc) is 2.61. The molecule has 0 bridgehead atoms. The van der Waals surface area contributed by atoms with Gasteiger partial charge in [0, 0.05) is 12.7 Å². The van der Waals surface area contributed by atoms with Crippen LogP contribution in [0.25, 0.3) is 0 Å². The average molecular weight is 248 g/mol. The van der Waals surface area contributed by atoms with Gasteiger partial charge in [0.15, 0.2) is 5.82 Å². The number of benzene rings is 1. The summed E-state index contributed by atoms with van der Waals surface area (Å²) in [6.45, 7) is 3.73. The Balaban J connectivity index is 2.33. The van der Waals surface area contributed by atoms with Gasteiger partial charge in [0.1, 0.15) is 5.82 Å².